The first-order valence-electron chi connectivity index (χ1n) is 8.32. The molecule has 0 bridgehead atoms. The van der Waals surface area contributed by atoms with Gasteiger partial charge in [0.2, 0.25) is 0 Å². The van der Waals surface area contributed by atoms with Gasteiger partial charge >= 0.3 is 0 Å². The van der Waals surface area contributed by atoms with Crippen LogP contribution >= 0.6 is 0 Å². The van der Waals surface area contributed by atoms with Crippen molar-refractivity contribution in [1.82, 2.24) is 19.8 Å². The smallest absolute Gasteiger partial charge is 0.272 e. The third-order valence-corrected chi connectivity index (χ3v) is 4.29. The molecule has 0 amide bonds. The quantitative estimate of drug-likeness (QED) is 0.598. The molecule has 3 aromatic heterocycles. The molecule has 0 radical (unpaired) electrons. The van der Waals surface area contributed by atoms with Crippen molar-refractivity contribution in [1.29, 1.82) is 0 Å². The minimum absolute atomic E-state index is 0.134. The molecule has 0 spiro atoms. The highest BCUT2D eigenvalue weighted by Gasteiger charge is 2.15. The number of methoxy groups -OCH3 is 1. The van der Waals surface area contributed by atoms with E-state index in [1.807, 2.05) is 37.3 Å². The molecule has 1 N–H and O–H groups in total. The van der Waals surface area contributed by atoms with Gasteiger partial charge in [-0.05, 0) is 24.1 Å². The second kappa shape index (κ2) is 6.51. The summed E-state index contributed by atoms with van der Waals surface area (Å²) in [7, 11) is 1.54. The molecule has 4 rings (SSSR count). The van der Waals surface area contributed by atoms with Gasteiger partial charge in [-0.2, -0.15) is 0 Å². The molecular formula is C19H18N4O3. The lowest BCUT2D eigenvalue weighted by Crippen LogP contribution is -2.16. The molecule has 0 atom stereocenters. The molecule has 0 saturated heterocycles. The first kappa shape index (κ1) is 16.1. The number of benzene rings is 1. The van der Waals surface area contributed by atoms with Crippen LogP contribution in [0.1, 0.15) is 17.1 Å². The second-order valence-corrected chi connectivity index (χ2v) is 6.06. The minimum Gasteiger partial charge on any atom is -0.479 e. The summed E-state index contributed by atoms with van der Waals surface area (Å²) >= 11 is 0. The summed E-state index contributed by atoms with van der Waals surface area (Å²) < 4.78 is 11.7. The van der Waals surface area contributed by atoms with E-state index < -0.39 is 0 Å². The van der Waals surface area contributed by atoms with E-state index in [9.17, 15) is 4.79 Å². The van der Waals surface area contributed by atoms with Crippen molar-refractivity contribution in [2.24, 2.45) is 0 Å². The molecule has 7 nitrogen and oxygen atoms in total. The highest BCUT2D eigenvalue weighted by molar-refractivity contribution is 5.79. The number of H-pyrrole nitrogens is 1. The molecule has 3 heterocycles. The molecule has 0 aliphatic rings. The lowest BCUT2D eigenvalue weighted by atomic mass is 10.1. The first-order chi connectivity index (χ1) is 12.7. The Morgan fingerprint density at radius 1 is 1.19 bits per heavy atom. The molecule has 0 fully saturated rings. The minimum atomic E-state index is -0.134. The molecular weight excluding hydrogens is 332 g/mol. The van der Waals surface area contributed by atoms with Gasteiger partial charge in [-0.25, -0.2) is 9.50 Å². The zero-order valence-corrected chi connectivity index (χ0v) is 14.5. The van der Waals surface area contributed by atoms with Crippen molar-refractivity contribution >= 4 is 5.65 Å². The van der Waals surface area contributed by atoms with Crippen molar-refractivity contribution < 1.29 is 9.26 Å². The molecule has 0 saturated carbocycles. The number of aromatic amines is 1. The third kappa shape index (κ3) is 2.88. The first-order valence-corrected chi connectivity index (χ1v) is 8.32. The van der Waals surface area contributed by atoms with Crippen LogP contribution in [0.2, 0.25) is 0 Å². The lowest BCUT2D eigenvalue weighted by Gasteiger charge is -2.02. The number of aromatic nitrogens is 4. The van der Waals surface area contributed by atoms with Crippen LogP contribution in [0.4, 0.5) is 0 Å². The SMILES string of the molecule is COc1cc(CCc2cc(=O)n3[nH]c(C)c(-c4ccccc4)c3n2)on1. The van der Waals surface area contributed by atoms with Gasteiger partial charge in [0.25, 0.3) is 11.4 Å². The fourth-order valence-corrected chi connectivity index (χ4v) is 3.03. The monoisotopic (exact) mass is 350 g/mol. The van der Waals surface area contributed by atoms with Gasteiger partial charge in [0.05, 0.1) is 7.11 Å². The average Bonchev–Trinajstić information content (AvgIpc) is 3.24. The van der Waals surface area contributed by atoms with Gasteiger partial charge in [0, 0.05) is 35.5 Å². The summed E-state index contributed by atoms with van der Waals surface area (Å²) in [5, 5.41) is 6.89. The molecule has 26 heavy (non-hydrogen) atoms. The lowest BCUT2D eigenvalue weighted by molar-refractivity contribution is 0.326. The standard InChI is InChI=1S/C19H18N4O3/c1-12-18(13-6-4-3-5-7-13)19-20-14(10-17(24)23(19)21-12)8-9-15-11-16(25-2)22-26-15/h3-7,10-11,21H,8-9H2,1-2H3. The predicted octanol–water partition coefficient (Wildman–Crippen LogP) is 2.78. The molecule has 1 aromatic carbocycles. The van der Waals surface area contributed by atoms with Crippen molar-refractivity contribution in [3.8, 4) is 17.0 Å². The number of hydrogen-bond acceptors (Lipinski definition) is 5. The van der Waals surface area contributed by atoms with E-state index in [0.717, 1.165) is 16.8 Å². The van der Waals surface area contributed by atoms with Gasteiger partial charge in [0.1, 0.15) is 5.76 Å². The molecule has 0 unspecified atom stereocenters. The maximum Gasteiger partial charge on any atom is 0.272 e. The number of hydrogen-bond donors (Lipinski definition) is 1. The van der Waals surface area contributed by atoms with Crippen LogP contribution in [0.3, 0.4) is 0 Å². The number of aryl methyl sites for hydroxylation is 3. The fraction of sp³-hybridized carbons (Fsp3) is 0.211. The van der Waals surface area contributed by atoms with Crippen LogP contribution in [0.5, 0.6) is 5.88 Å². The van der Waals surface area contributed by atoms with E-state index >= 15 is 0 Å². The third-order valence-electron chi connectivity index (χ3n) is 4.29. The van der Waals surface area contributed by atoms with Gasteiger partial charge < -0.3 is 9.26 Å². The number of fused-ring (bicyclic) bond motifs is 1. The summed E-state index contributed by atoms with van der Waals surface area (Å²) in [4.78, 5) is 17.2. The summed E-state index contributed by atoms with van der Waals surface area (Å²) in [6.07, 6.45) is 1.16. The van der Waals surface area contributed by atoms with Crippen molar-refractivity contribution in [2.75, 3.05) is 7.11 Å². The molecule has 7 heteroatoms. The van der Waals surface area contributed by atoms with Crippen molar-refractivity contribution in [3.05, 3.63) is 70.0 Å². The van der Waals surface area contributed by atoms with Crippen LogP contribution in [0.25, 0.3) is 16.8 Å². The summed E-state index contributed by atoms with van der Waals surface area (Å²) in [5.74, 6) is 1.13. The predicted molar refractivity (Wildman–Crippen MR) is 96.4 cm³/mol. The summed E-state index contributed by atoms with van der Waals surface area (Å²) in [5.41, 5.74) is 4.06. The number of nitrogens with zero attached hydrogens (tertiary/aromatic N) is 3. The topological polar surface area (TPSA) is 85.4 Å². The van der Waals surface area contributed by atoms with E-state index in [-0.39, 0.29) is 5.56 Å². The van der Waals surface area contributed by atoms with Crippen LogP contribution < -0.4 is 10.3 Å². The summed E-state index contributed by atoms with van der Waals surface area (Å²) in [6, 6.07) is 13.2. The van der Waals surface area contributed by atoms with E-state index in [1.54, 1.807) is 12.1 Å². The Labute approximate surface area is 149 Å². The van der Waals surface area contributed by atoms with Gasteiger partial charge in [-0.15, -0.1) is 0 Å². The maximum absolute atomic E-state index is 12.5. The Kier molecular flexibility index (Phi) is 4.04. The maximum atomic E-state index is 12.5. The molecule has 0 aliphatic heterocycles. The van der Waals surface area contributed by atoms with E-state index in [1.165, 1.54) is 11.6 Å². The van der Waals surface area contributed by atoms with Crippen molar-refractivity contribution in [3.63, 3.8) is 0 Å². The number of nitrogens with one attached hydrogen (secondary N) is 1. The zero-order chi connectivity index (χ0) is 18.1. The average molecular weight is 350 g/mol. The molecule has 132 valence electrons. The molecule has 0 aliphatic carbocycles. The van der Waals surface area contributed by atoms with Crippen molar-refractivity contribution in [2.45, 2.75) is 19.8 Å². The Morgan fingerprint density at radius 2 is 2.00 bits per heavy atom. The number of ether oxygens (including phenoxy) is 1. The largest absolute Gasteiger partial charge is 0.479 e. The Morgan fingerprint density at radius 3 is 2.73 bits per heavy atom. The van der Waals surface area contributed by atoms with Gasteiger partial charge in [0.15, 0.2) is 5.65 Å². The summed E-state index contributed by atoms with van der Waals surface area (Å²) in [6.45, 7) is 1.94. The molecule has 4 aromatic rings. The second-order valence-electron chi connectivity index (χ2n) is 6.06. The highest BCUT2D eigenvalue weighted by atomic mass is 16.5. The Bertz CT molecular complexity index is 1110. The van der Waals surface area contributed by atoms with Crippen LogP contribution in [-0.4, -0.2) is 26.9 Å². The van der Waals surface area contributed by atoms with E-state index in [4.69, 9.17) is 14.2 Å². The van der Waals surface area contributed by atoms with Gasteiger partial charge in [-0.3, -0.25) is 9.89 Å². The fourth-order valence-electron chi connectivity index (χ4n) is 3.03. The normalized spacial score (nSPS) is 11.2. The van der Waals surface area contributed by atoms with Crippen LogP contribution in [0.15, 0.2) is 51.8 Å². The number of rotatable bonds is 5. The van der Waals surface area contributed by atoms with Crippen LogP contribution in [-0.2, 0) is 12.8 Å². The zero-order valence-electron chi connectivity index (χ0n) is 14.5. The Hall–Kier alpha value is -3.35. The van der Waals surface area contributed by atoms with Crippen LogP contribution in [0, 0.1) is 6.92 Å². The van der Waals surface area contributed by atoms with Gasteiger partial charge in [-0.1, -0.05) is 30.3 Å². The van der Waals surface area contributed by atoms with E-state index in [0.29, 0.717) is 35.8 Å². The van der Waals surface area contributed by atoms with E-state index in [2.05, 4.69) is 10.3 Å². The Balaban J connectivity index is 1.72. The highest BCUT2D eigenvalue weighted by Crippen LogP contribution is 2.26.